The third-order valence-corrected chi connectivity index (χ3v) is 5.98. The zero-order chi connectivity index (χ0) is 12.4. The molecule has 90 valence electrons. The zero-order valence-electron chi connectivity index (χ0n) is 9.39. The van der Waals surface area contributed by atoms with E-state index in [-0.39, 0.29) is 10.8 Å². The highest BCUT2D eigenvalue weighted by Crippen LogP contribution is 2.29. The summed E-state index contributed by atoms with van der Waals surface area (Å²) < 4.78 is 27.7. The van der Waals surface area contributed by atoms with Crippen LogP contribution in [0.25, 0.3) is 0 Å². The Morgan fingerprint density at radius 2 is 2.12 bits per heavy atom. The van der Waals surface area contributed by atoms with Gasteiger partial charge >= 0.3 is 5.97 Å². The van der Waals surface area contributed by atoms with Crippen molar-refractivity contribution in [2.75, 3.05) is 6.61 Å². The van der Waals surface area contributed by atoms with Gasteiger partial charge in [0.25, 0.3) is 0 Å². The molecule has 1 rings (SSSR count). The third kappa shape index (κ3) is 2.12. The first-order chi connectivity index (χ1) is 7.34. The number of rotatable bonds is 4. The zero-order valence-corrected chi connectivity index (χ0v) is 11.0. The van der Waals surface area contributed by atoms with Gasteiger partial charge in [-0.25, -0.2) is 8.42 Å². The molecule has 0 radical (unpaired) electrons. The Kier molecular flexibility index (Phi) is 3.75. The van der Waals surface area contributed by atoms with E-state index in [4.69, 9.17) is 4.74 Å². The number of esters is 1. The van der Waals surface area contributed by atoms with Gasteiger partial charge in [-0.1, -0.05) is 6.07 Å². The van der Waals surface area contributed by atoms with Gasteiger partial charge in [0.15, 0.2) is 4.75 Å². The van der Waals surface area contributed by atoms with Gasteiger partial charge in [0.1, 0.15) is 4.21 Å². The van der Waals surface area contributed by atoms with E-state index in [0.29, 0.717) is 0 Å². The fourth-order valence-electron chi connectivity index (χ4n) is 1.08. The Labute approximate surface area is 99.2 Å². The highest BCUT2D eigenvalue weighted by Gasteiger charge is 2.44. The number of ether oxygens (including phenoxy) is 1. The molecule has 0 saturated carbocycles. The van der Waals surface area contributed by atoms with E-state index in [2.05, 4.69) is 0 Å². The van der Waals surface area contributed by atoms with Gasteiger partial charge in [-0.15, -0.1) is 11.3 Å². The number of hydrogen-bond donors (Lipinski definition) is 0. The molecule has 0 spiro atoms. The van der Waals surface area contributed by atoms with E-state index in [9.17, 15) is 13.2 Å². The van der Waals surface area contributed by atoms with E-state index in [0.717, 1.165) is 11.3 Å². The highest BCUT2D eigenvalue weighted by molar-refractivity contribution is 7.95. The number of sulfone groups is 1. The number of hydrogen-bond acceptors (Lipinski definition) is 5. The molecule has 4 nitrogen and oxygen atoms in total. The summed E-state index contributed by atoms with van der Waals surface area (Å²) in [7, 11) is -3.67. The molecule has 0 saturated heterocycles. The first-order valence-electron chi connectivity index (χ1n) is 4.79. The summed E-state index contributed by atoms with van der Waals surface area (Å²) in [5.41, 5.74) is 0. The Hall–Kier alpha value is -0.880. The SMILES string of the molecule is CCOC(=O)C(C)(C)S(=O)(=O)c1cccs1. The van der Waals surface area contributed by atoms with Gasteiger partial charge in [-0.3, -0.25) is 4.79 Å². The lowest BCUT2D eigenvalue weighted by molar-refractivity contribution is -0.145. The average molecular weight is 262 g/mol. The van der Waals surface area contributed by atoms with Gasteiger partial charge in [0.2, 0.25) is 9.84 Å². The van der Waals surface area contributed by atoms with Crippen molar-refractivity contribution in [2.45, 2.75) is 29.7 Å². The minimum absolute atomic E-state index is 0.169. The van der Waals surface area contributed by atoms with Crippen molar-refractivity contribution in [3.05, 3.63) is 17.5 Å². The maximum Gasteiger partial charge on any atom is 0.327 e. The molecule has 1 aromatic heterocycles. The largest absolute Gasteiger partial charge is 0.465 e. The summed E-state index contributed by atoms with van der Waals surface area (Å²) in [5.74, 6) is -0.719. The normalized spacial score (nSPS) is 12.4. The lowest BCUT2D eigenvalue weighted by Gasteiger charge is -2.21. The van der Waals surface area contributed by atoms with E-state index in [1.54, 1.807) is 18.4 Å². The molecular weight excluding hydrogens is 248 g/mol. The molecule has 1 heterocycles. The van der Waals surface area contributed by atoms with Crippen LogP contribution >= 0.6 is 11.3 Å². The summed E-state index contributed by atoms with van der Waals surface area (Å²) in [6.07, 6.45) is 0. The lowest BCUT2D eigenvalue weighted by Crippen LogP contribution is -2.41. The third-order valence-electron chi connectivity index (χ3n) is 2.20. The van der Waals surface area contributed by atoms with Crippen molar-refractivity contribution in [3.8, 4) is 0 Å². The summed E-state index contributed by atoms with van der Waals surface area (Å²) in [6, 6.07) is 3.12. The first kappa shape index (κ1) is 13.2. The van der Waals surface area contributed by atoms with Crippen molar-refractivity contribution < 1.29 is 17.9 Å². The van der Waals surface area contributed by atoms with Crippen LogP contribution in [0.15, 0.2) is 21.7 Å². The number of carbonyl (C=O) groups is 1. The molecular formula is C10H14O4S2. The van der Waals surface area contributed by atoms with Crippen LogP contribution in [0.5, 0.6) is 0 Å². The van der Waals surface area contributed by atoms with Crippen molar-refractivity contribution in [1.82, 2.24) is 0 Å². The summed E-state index contributed by atoms with van der Waals surface area (Å²) in [4.78, 5) is 11.6. The molecule has 0 amide bonds. The fraction of sp³-hybridized carbons (Fsp3) is 0.500. The predicted molar refractivity (Wildman–Crippen MR) is 62.2 cm³/mol. The van der Waals surface area contributed by atoms with E-state index in [1.165, 1.54) is 19.9 Å². The fourth-order valence-corrected chi connectivity index (χ4v) is 3.87. The van der Waals surface area contributed by atoms with Crippen LogP contribution in [0, 0.1) is 0 Å². The monoisotopic (exact) mass is 262 g/mol. The molecule has 0 atom stereocenters. The standard InChI is InChI=1S/C10H14O4S2/c1-4-14-9(11)10(2,3)16(12,13)8-6-5-7-15-8/h5-7H,4H2,1-3H3. The molecule has 6 heteroatoms. The minimum atomic E-state index is -3.67. The van der Waals surface area contributed by atoms with E-state index >= 15 is 0 Å². The summed E-state index contributed by atoms with van der Waals surface area (Å²) in [6.45, 7) is 4.54. The van der Waals surface area contributed by atoms with Crippen LogP contribution in [-0.4, -0.2) is 25.7 Å². The second-order valence-electron chi connectivity index (χ2n) is 3.67. The van der Waals surface area contributed by atoms with Crippen LogP contribution in [0.3, 0.4) is 0 Å². The number of carbonyl (C=O) groups excluding carboxylic acids is 1. The van der Waals surface area contributed by atoms with E-state index < -0.39 is 20.6 Å². The molecule has 0 N–H and O–H groups in total. The summed E-state index contributed by atoms with van der Waals surface area (Å²) >= 11 is 1.10. The molecule has 0 aromatic carbocycles. The van der Waals surface area contributed by atoms with Crippen LogP contribution < -0.4 is 0 Å². The van der Waals surface area contributed by atoms with Gasteiger partial charge in [-0.05, 0) is 32.2 Å². The summed E-state index contributed by atoms with van der Waals surface area (Å²) in [5, 5.41) is 1.66. The lowest BCUT2D eigenvalue weighted by atomic mass is 10.2. The molecule has 0 aliphatic heterocycles. The van der Waals surface area contributed by atoms with Crippen LogP contribution in [0.4, 0.5) is 0 Å². The molecule has 1 aromatic rings. The van der Waals surface area contributed by atoms with Gasteiger partial charge < -0.3 is 4.74 Å². The second kappa shape index (κ2) is 4.55. The molecule has 16 heavy (non-hydrogen) atoms. The topological polar surface area (TPSA) is 60.4 Å². The van der Waals surface area contributed by atoms with Crippen molar-refractivity contribution >= 4 is 27.1 Å². The van der Waals surface area contributed by atoms with Gasteiger partial charge in [-0.2, -0.15) is 0 Å². The van der Waals surface area contributed by atoms with Crippen LogP contribution in [-0.2, 0) is 19.4 Å². The number of thiophene rings is 1. The Balaban J connectivity index is 3.13. The molecule has 0 aliphatic carbocycles. The van der Waals surface area contributed by atoms with Gasteiger partial charge in [0, 0.05) is 0 Å². The Bertz CT molecular complexity index is 457. The van der Waals surface area contributed by atoms with Crippen LogP contribution in [0.2, 0.25) is 0 Å². The van der Waals surface area contributed by atoms with Crippen molar-refractivity contribution in [1.29, 1.82) is 0 Å². The molecule has 0 aliphatic rings. The molecule has 0 bridgehead atoms. The van der Waals surface area contributed by atoms with E-state index in [1.807, 2.05) is 0 Å². The minimum Gasteiger partial charge on any atom is -0.465 e. The van der Waals surface area contributed by atoms with Crippen molar-refractivity contribution in [2.24, 2.45) is 0 Å². The average Bonchev–Trinajstić information content (AvgIpc) is 2.70. The van der Waals surface area contributed by atoms with Gasteiger partial charge in [0.05, 0.1) is 6.61 Å². The maximum absolute atomic E-state index is 12.1. The maximum atomic E-state index is 12.1. The Morgan fingerprint density at radius 3 is 2.56 bits per heavy atom. The quantitative estimate of drug-likeness (QED) is 0.777. The predicted octanol–water partition coefficient (Wildman–Crippen LogP) is 1.86. The molecule has 0 unspecified atom stereocenters. The van der Waals surface area contributed by atoms with Crippen LogP contribution in [0.1, 0.15) is 20.8 Å². The molecule has 0 fully saturated rings. The first-order valence-corrected chi connectivity index (χ1v) is 7.15. The smallest absolute Gasteiger partial charge is 0.327 e. The Morgan fingerprint density at radius 1 is 1.50 bits per heavy atom. The van der Waals surface area contributed by atoms with Crippen molar-refractivity contribution in [3.63, 3.8) is 0 Å². The second-order valence-corrected chi connectivity index (χ2v) is 7.34. The highest BCUT2D eigenvalue weighted by atomic mass is 32.2.